The lowest BCUT2D eigenvalue weighted by Crippen LogP contribution is -2.39. The predicted molar refractivity (Wildman–Crippen MR) is 136 cm³/mol. The highest BCUT2D eigenvalue weighted by Crippen LogP contribution is 2.54. The lowest BCUT2D eigenvalue weighted by atomic mass is 9.76. The number of aliphatic imine (C=N–C) groups is 1. The van der Waals surface area contributed by atoms with E-state index < -0.39 is 17.3 Å². The van der Waals surface area contributed by atoms with Gasteiger partial charge in [-0.2, -0.15) is 0 Å². The van der Waals surface area contributed by atoms with Gasteiger partial charge in [-0.25, -0.2) is 19.4 Å². The number of fused-ring (bicyclic) bond motifs is 4. The number of nitrogens with zero attached hydrogens (tertiary/aromatic N) is 3. The number of aromatic nitrogens is 2. The number of carbonyl (C=O) groups excluding carboxylic acids is 1. The minimum absolute atomic E-state index is 0.00547. The molecule has 3 aromatic rings. The Bertz CT molecular complexity index is 1490. The van der Waals surface area contributed by atoms with Gasteiger partial charge in [-0.1, -0.05) is 6.08 Å². The number of benzene rings is 2. The van der Waals surface area contributed by atoms with Gasteiger partial charge in [0.25, 0.3) is 11.9 Å². The summed E-state index contributed by atoms with van der Waals surface area (Å²) in [6, 6.07) is 8.47. The molecule has 1 aromatic heterocycles. The van der Waals surface area contributed by atoms with Crippen LogP contribution in [0.4, 0.5) is 10.1 Å². The van der Waals surface area contributed by atoms with Crippen molar-refractivity contribution in [3.8, 4) is 17.4 Å². The summed E-state index contributed by atoms with van der Waals surface area (Å²) in [6.45, 7) is 1.31. The minimum Gasteiger partial charge on any atom is -0.480 e. The third-order valence-electron chi connectivity index (χ3n) is 6.80. The fourth-order valence-corrected chi connectivity index (χ4v) is 4.96. The number of methoxy groups -OCH3 is 1. The highest BCUT2D eigenvalue weighted by Gasteiger charge is 2.46. The molecule has 3 N–H and O–H groups in total. The van der Waals surface area contributed by atoms with E-state index in [0.29, 0.717) is 54.5 Å². The van der Waals surface area contributed by atoms with Crippen LogP contribution in [0.15, 0.2) is 53.8 Å². The quantitative estimate of drug-likeness (QED) is 0.535. The number of amidine groups is 1. The Balaban J connectivity index is 1.43. The van der Waals surface area contributed by atoms with Crippen molar-refractivity contribution in [3.05, 3.63) is 77.0 Å². The maximum Gasteiger partial charge on any atom is 0.283 e. The molecule has 38 heavy (non-hydrogen) atoms. The van der Waals surface area contributed by atoms with Gasteiger partial charge >= 0.3 is 0 Å². The average Bonchev–Trinajstić information content (AvgIpc) is 2.94. The molecule has 0 bridgehead atoms. The molecule has 1 spiro atoms. The molecule has 3 aliphatic heterocycles. The van der Waals surface area contributed by atoms with Crippen molar-refractivity contribution >= 4 is 23.2 Å². The van der Waals surface area contributed by atoms with E-state index in [2.05, 4.69) is 15.3 Å². The SMILES string of the molecule is COc1cnc(C(=O)Nc2ccc3c(c2)[C@@]2(CCOC(N)=N2)c2cc(C4=CCOCC4)cc(F)c2O3)cn1. The third-order valence-corrected chi connectivity index (χ3v) is 6.80. The van der Waals surface area contributed by atoms with Crippen molar-refractivity contribution < 1.29 is 28.1 Å². The number of ether oxygens (including phenoxy) is 4. The Morgan fingerprint density at radius 2 is 2.05 bits per heavy atom. The van der Waals surface area contributed by atoms with Crippen LogP contribution in [0.5, 0.6) is 17.4 Å². The molecule has 4 heterocycles. The van der Waals surface area contributed by atoms with Crippen molar-refractivity contribution in [2.24, 2.45) is 10.7 Å². The van der Waals surface area contributed by atoms with Crippen LogP contribution in [0.2, 0.25) is 0 Å². The molecular formula is C27H24FN5O5. The summed E-state index contributed by atoms with van der Waals surface area (Å²) in [5.41, 5.74) is 8.48. The van der Waals surface area contributed by atoms with Gasteiger partial charge < -0.3 is 30.0 Å². The lowest BCUT2D eigenvalue weighted by Gasteiger charge is -2.39. The van der Waals surface area contributed by atoms with Crippen LogP contribution in [0.1, 0.15) is 40.0 Å². The Morgan fingerprint density at radius 3 is 2.79 bits per heavy atom. The van der Waals surface area contributed by atoms with Crippen molar-refractivity contribution in [2.75, 3.05) is 32.2 Å². The number of rotatable bonds is 4. The van der Waals surface area contributed by atoms with Crippen LogP contribution in [0, 0.1) is 5.82 Å². The van der Waals surface area contributed by atoms with Crippen molar-refractivity contribution in [1.82, 2.24) is 9.97 Å². The second-order valence-electron chi connectivity index (χ2n) is 9.01. The molecule has 1 amide bonds. The first-order valence-electron chi connectivity index (χ1n) is 12.1. The summed E-state index contributed by atoms with van der Waals surface area (Å²) in [6.07, 6.45) is 5.70. The molecule has 6 rings (SSSR count). The van der Waals surface area contributed by atoms with Crippen LogP contribution in [-0.4, -0.2) is 48.8 Å². The molecule has 11 heteroatoms. The highest BCUT2D eigenvalue weighted by atomic mass is 19.1. The van der Waals surface area contributed by atoms with Crippen molar-refractivity contribution in [2.45, 2.75) is 18.4 Å². The van der Waals surface area contributed by atoms with Gasteiger partial charge in [0.2, 0.25) is 5.88 Å². The molecule has 0 radical (unpaired) electrons. The Morgan fingerprint density at radius 1 is 1.16 bits per heavy atom. The fraction of sp³-hybridized carbons (Fsp3) is 0.259. The maximum absolute atomic E-state index is 15.5. The smallest absolute Gasteiger partial charge is 0.283 e. The van der Waals surface area contributed by atoms with Crippen LogP contribution in [0.3, 0.4) is 0 Å². The van der Waals surface area contributed by atoms with Gasteiger partial charge in [0.1, 0.15) is 17.0 Å². The highest BCUT2D eigenvalue weighted by molar-refractivity contribution is 6.02. The van der Waals surface area contributed by atoms with Gasteiger partial charge in [0, 0.05) is 23.2 Å². The van der Waals surface area contributed by atoms with E-state index in [4.69, 9.17) is 29.7 Å². The molecule has 0 fully saturated rings. The van der Waals surface area contributed by atoms with E-state index >= 15 is 4.39 Å². The second-order valence-corrected chi connectivity index (χ2v) is 9.01. The molecule has 0 unspecified atom stereocenters. The molecular weight excluding hydrogens is 493 g/mol. The van der Waals surface area contributed by atoms with Crippen LogP contribution < -0.4 is 20.5 Å². The molecule has 2 aromatic carbocycles. The topological polar surface area (TPSA) is 130 Å². The van der Waals surface area contributed by atoms with Gasteiger partial charge in [-0.15, -0.1) is 0 Å². The fourth-order valence-electron chi connectivity index (χ4n) is 4.96. The number of hydrogen-bond donors (Lipinski definition) is 2. The van der Waals surface area contributed by atoms with Crippen molar-refractivity contribution in [3.63, 3.8) is 0 Å². The molecule has 10 nitrogen and oxygen atoms in total. The average molecular weight is 518 g/mol. The van der Waals surface area contributed by atoms with Gasteiger partial charge in [-0.3, -0.25) is 4.79 Å². The number of nitrogens with one attached hydrogen (secondary N) is 1. The first-order valence-corrected chi connectivity index (χ1v) is 12.1. The van der Waals surface area contributed by atoms with E-state index in [1.54, 1.807) is 18.2 Å². The number of carbonyl (C=O) groups is 1. The van der Waals surface area contributed by atoms with Crippen LogP contribution in [0.25, 0.3) is 5.57 Å². The Hall–Kier alpha value is -4.51. The monoisotopic (exact) mass is 517 g/mol. The van der Waals surface area contributed by atoms with Gasteiger partial charge in [0.05, 0.1) is 39.3 Å². The third kappa shape index (κ3) is 4.10. The van der Waals surface area contributed by atoms with E-state index in [1.165, 1.54) is 25.6 Å². The zero-order chi connectivity index (χ0) is 26.3. The number of nitrogens with two attached hydrogens (primary N) is 1. The van der Waals surface area contributed by atoms with Crippen LogP contribution in [-0.2, 0) is 15.0 Å². The molecule has 0 saturated carbocycles. The summed E-state index contributed by atoms with van der Waals surface area (Å²) in [5, 5.41) is 2.83. The molecule has 0 saturated heterocycles. The molecule has 194 valence electrons. The first kappa shape index (κ1) is 23.9. The van der Waals surface area contributed by atoms with Crippen LogP contribution >= 0.6 is 0 Å². The number of anilines is 1. The lowest BCUT2D eigenvalue weighted by molar-refractivity contribution is 0.102. The minimum atomic E-state index is -1.07. The Labute approximate surface area is 217 Å². The number of hydrogen-bond acceptors (Lipinski definition) is 9. The molecule has 3 aliphatic rings. The standard InChI is InChI=1S/C27H24FN5O5/c1-35-23-14-30-21(13-31-23)25(34)32-17-2-3-22-18(12-17)27(6-9-37-26(29)33-27)19-10-16(11-20(28)24(19)38-22)15-4-7-36-8-5-15/h2-4,10-14H,5-9H2,1H3,(H2,29,33)(H,32,34)/t27-/m0/s1. The van der Waals surface area contributed by atoms with E-state index in [9.17, 15) is 4.79 Å². The maximum atomic E-state index is 15.5. The number of halogens is 1. The second kappa shape index (κ2) is 9.42. The predicted octanol–water partition coefficient (Wildman–Crippen LogP) is 3.76. The van der Waals surface area contributed by atoms with Gasteiger partial charge in [-0.05, 0) is 47.9 Å². The Kier molecular flexibility index (Phi) is 5.91. The van der Waals surface area contributed by atoms with E-state index in [1.807, 2.05) is 12.1 Å². The zero-order valence-corrected chi connectivity index (χ0v) is 20.5. The molecule has 1 atom stereocenters. The van der Waals surface area contributed by atoms with E-state index in [0.717, 1.165) is 11.1 Å². The summed E-state index contributed by atoms with van der Waals surface area (Å²) in [4.78, 5) is 25.7. The van der Waals surface area contributed by atoms with E-state index in [-0.39, 0.29) is 24.1 Å². The van der Waals surface area contributed by atoms with Gasteiger partial charge in [0.15, 0.2) is 11.6 Å². The first-order chi connectivity index (χ1) is 18.5. The largest absolute Gasteiger partial charge is 0.480 e. The number of amides is 1. The summed E-state index contributed by atoms with van der Waals surface area (Å²) in [7, 11) is 1.47. The zero-order valence-electron chi connectivity index (χ0n) is 20.5. The molecule has 0 aliphatic carbocycles. The summed E-state index contributed by atoms with van der Waals surface area (Å²) < 4.78 is 37.5. The summed E-state index contributed by atoms with van der Waals surface area (Å²) >= 11 is 0. The normalized spacial score (nSPS) is 19.7. The van der Waals surface area contributed by atoms with Crippen molar-refractivity contribution in [1.29, 1.82) is 0 Å². The summed E-state index contributed by atoms with van der Waals surface area (Å²) in [5.74, 6) is -0.148.